The number of aliphatic imine (C=N–C) groups is 1. The maximum absolute atomic E-state index is 12.1. The molecule has 1 aliphatic rings. The molecule has 0 spiro atoms. The molecule has 3 heterocycles. The van der Waals surface area contributed by atoms with E-state index in [-0.39, 0.29) is 17.1 Å². The zero-order chi connectivity index (χ0) is 17.4. The molecule has 0 aliphatic carbocycles. The fraction of sp³-hybridized carbons (Fsp3) is 0.538. The predicted octanol–water partition coefficient (Wildman–Crippen LogP) is -2.05. The number of aromatic amines is 1. The van der Waals surface area contributed by atoms with E-state index in [0.29, 0.717) is 0 Å². The van der Waals surface area contributed by atoms with E-state index >= 15 is 0 Å². The van der Waals surface area contributed by atoms with E-state index in [2.05, 4.69) is 19.9 Å². The number of ether oxygens (including phenoxy) is 1. The average Bonchev–Trinajstić information content (AvgIpc) is 3.08. The summed E-state index contributed by atoms with van der Waals surface area (Å²) in [6.07, 6.45) is -1.76. The summed E-state index contributed by atoms with van der Waals surface area (Å²) in [4.78, 5) is 28.5. The number of aliphatic hydroxyl groups excluding tert-OH is 3. The molecule has 0 bridgehead atoms. The number of nitrogens with one attached hydrogen (secondary N) is 1. The van der Waals surface area contributed by atoms with Gasteiger partial charge in [-0.15, -0.1) is 0 Å². The molecule has 0 amide bonds. The summed E-state index contributed by atoms with van der Waals surface area (Å²) in [5.74, 6) is 0.0645. The number of imidazole rings is 1. The molecule has 0 saturated carbocycles. The van der Waals surface area contributed by atoms with Crippen molar-refractivity contribution in [3.63, 3.8) is 0 Å². The average molecular weight is 338 g/mol. The highest BCUT2D eigenvalue weighted by molar-refractivity contribution is 5.71. The highest BCUT2D eigenvalue weighted by Crippen LogP contribution is 2.30. The van der Waals surface area contributed by atoms with Crippen molar-refractivity contribution in [1.29, 1.82) is 0 Å². The topological polar surface area (TPSA) is 149 Å². The van der Waals surface area contributed by atoms with Gasteiger partial charge in [-0.2, -0.15) is 4.98 Å². The Labute approximate surface area is 135 Å². The van der Waals surface area contributed by atoms with Crippen LogP contribution in [-0.4, -0.2) is 85.1 Å². The number of H-pyrrole nitrogens is 1. The van der Waals surface area contributed by atoms with Crippen molar-refractivity contribution in [1.82, 2.24) is 24.4 Å². The molecule has 24 heavy (non-hydrogen) atoms. The van der Waals surface area contributed by atoms with Crippen LogP contribution in [-0.2, 0) is 4.74 Å². The van der Waals surface area contributed by atoms with Crippen molar-refractivity contribution in [2.75, 3.05) is 20.7 Å². The van der Waals surface area contributed by atoms with Crippen LogP contribution in [0, 0.1) is 0 Å². The second-order valence-corrected chi connectivity index (χ2v) is 5.65. The molecule has 1 fully saturated rings. The Hall–Kier alpha value is -2.34. The minimum atomic E-state index is -1.30. The smallest absolute Gasteiger partial charge is 0.280 e. The minimum absolute atomic E-state index is 0.0524. The SMILES string of the molecule is CN(C)/C=N/c1nc2c(ncn2[C@@H]2O[C@H](CO)C(O)C2O)c(=O)[nH]1. The number of fused-ring (bicyclic) bond motifs is 1. The Morgan fingerprint density at radius 1 is 1.46 bits per heavy atom. The Morgan fingerprint density at radius 2 is 2.21 bits per heavy atom. The van der Waals surface area contributed by atoms with E-state index in [0.717, 1.165) is 0 Å². The van der Waals surface area contributed by atoms with E-state index in [1.54, 1.807) is 19.0 Å². The summed E-state index contributed by atoms with van der Waals surface area (Å²) in [6, 6.07) is 0. The van der Waals surface area contributed by atoms with Gasteiger partial charge in [0.05, 0.1) is 19.3 Å². The lowest BCUT2D eigenvalue weighted by Gasteiger charge is -2.16. The Kier molecular flexibility index (Phi) is 4.32. The molecule has 2 aromatic rings. The first-order valence-electron chi connectivity index (χ1n) is 7.22. The third-order valence-electron chi connectivity index (χ3n) is 3.62. The molecular formula is C13H18N6O5. The highest BCUT2D eigenvalue weighted by atomic mass is 16.6. The Balaban J connectivity index is 2.05. The van der Waals surface area contributed by atoms with Crippen LogP contribution in [0.2, 0.25) is 0 Å². The number of rotatable bonds is 4. The number of nitrogens with zero attached hydrogens (tertiary/aromatic N) is 5. The largest absolute Gasteiger partial charge is 0.394 e. The van der Waals surface area contributed by atoms with Gasteiger partial charge in [-0.05, 0) is 0 Å². The van der Waals surface area contributed by atoms with E-state index in [9.17, 15) is 20.1 Å². The van der Waals surface area contributed by atoms with Gasteiger partial charge in [0, 0.05) is 14.1 Å². The van der Waals surface area contributed by atoms with E-state index in [4.69, 9.17) is 4.74 Å². The molecule has 1 saturated heterocycles. The van der Waals surface area contributed by atoms with Gasteiger partial charge in [0.25, 0.3) is 5.56 Å². The van der Waals surface area contributed by atoms with Crippen LogP contribution in [0.3, 0.4) is 0 Å². The molecule has 130 valence electrons. The van der Waals surface area contributed by atoms with Crippen LogP contribution in [0.4, 0.5) is 5.95 Å². The Morgan fingerprint density at radius 3 is 2.83 bits per heavy atom. The van der Waals surface area contributed by atoms with Crippen molar-refractivity contribution in [3.8, 4) is 0 Å². The summed E-state index contributed by atoms with van der Waals surface area (Å²) < 4.78 is 6.78. The summed E-state index contributed by atoms with van der Waals surface area (Å²) >= 11 is 0. The van der Waals surface area contributed by atoms with Gasteiger partial charge in [-0.3, -0.25) is 14.3 Å². The fourth-order valence-electron chi connectivity index (χ4n) is 2.44. The van der Waals surface area contributed by atoms with E-state index in [1.807, 2.05) is 0 Å². The number of hydrogen-bond donors (Lipinski definition) is 4. The lowest BCUT2D eigenvalue weighted by Crippen LogP contribution is -2.33. The normalized spacial score (nSPS) is 27.4. The standard InChI is InChI=1S/C13H18N6O5/c1-18(2)4-15-13-16-10-7(11(23)17-13)14-5-19(10)12-9(22)8(21)6(3-20)24-12/h4-6,8-9,12,20-22H,3H2,1-2H3,(H,16,17,23)/b15-4+/t6-,8?,9?,12-/m1/s1. The minimum Gasteiger partial charge on any atom is -0.394 e. The summed E-state index contributed by atoms with van der Waals surface area (Å²) in [5.41, 5.74) is -0.285. The van der Waals surface area contributed by atoms with Crippen molar-refractivity contribution < 1.29 is 20.1 Å². The molecule has 11 heteroatoms. The summed E-state index contributed by atoms with van der Waals surface area (Å²) in [6.45, 7) is -0.451. The van der Waals surface area contributed by atoms with Crippen molar-refractivity contribution in [2.45, 2.75) is 24.5 Å². The second-order valence-electron chi connectivity index (χ2n) is 5.65. The third-order valence-corrected chi connectivity index (χ3v) is 3.62. The maximum atomic E-state index is 12.1. The monoisotopic (exact) mass is 338 g/mol. The molecule has 2 unspecified atom stereocenters. The van der Waals surface area contributed by atoms with Gasteiger partial charge in [0.15, 0.2) is 17.4 Å². The van der Waals surface area contributed by atoms with Gasteiger partial charge in [0.2, 0.25) is 5.95 Å². The van der Waals surface area contributed by atoms with E-state index in [1.165, 1.54) is 17.2 Å². The zero-order valence-corrected chi connectivity index (χ0v) is 13.1. The molecule has 0 aromatic carbocycles. The molecule has 2 aromatic heterocycles. The number of hydrogen-bond acceptors (Lipinski definition) is 8. The van der Waals surface area contributed by atoms with Crippen LogP contribution in [0.25, 0.3) is 11.2 Å². The molecular weight excluding hydrogens is 320 g/mol. The first-order valence-corrected chi connectivity index (χ1v) is 7.22. The molecule has 4 atom stereocenters. The lowest BCUT2D eigenvalue weighted by atomic mass is 10.1. The summed E-state index contributed by atoms with van der Waals surface area (Å²) in [5, 5.41) is 29.2. The lowest BCUT2D eigenvalue weighted by molar-refractivity contribution is -0.0511. The fourth-order valence-corrected chi connectivity index (χ4v) is 2.44. The van der Waals surface area contributed by atoms with Crippen molar-refractivity contribution >= 4 is 23.5 Å². The van der Waals surface area contributed by atoms with Crippen LogP contribution >= 0.6 is 0 Å². The van der Waals surface area contributed by atoms with Crippen molar-refractivity contribution in [3.05, 3.63) is 16.7 Å². The quantitative estimate of drug-likeness (QED) is 0.368. The molecule has 1 aliphatic heterocycles. The molecule has 4 N–H and O–H groups in total. The second kappa shape index (κ2) is 6.28. The van der Waals surface area contributed by atoms with Crippen LogP contribution < -0.4 is 5.56 Å². The Bertz CT molecular complexity index is 815. The first-order chi connectivity index (χ1) is 11.4. The summed E-state index contributed by atoms with van der Waals surface area (Å²) in [7, 11) is 3.53. The van der Waals surface area contributed by atoms with Crippen LogP contribution in [0.1, 0.15) is 6.23 Å². The van der Waals surface area contributed by atoms with Crippen LogP contribution in [0.15, 0.2) is 16.1 Å². The number of aliphatic hydroxyl groups is 3. The zero-order valence-electron chi connectivity index (χ0n) is 13.1. The van der Waals surface area contributed by atoms with Gasteiger partial charge >= 0.3 is 0 Å². The van der Waals surface area contributed by atoms with Gasteiger partial charge in [0.1, 0.15) is 18.3 Å². The van der Waals surface area contributed by atoms with Gasteiger partial charge in [-0.25, -0.2) is 9.98 Å². The molecule has 11 nitrogen and oxygen atoms in total. The highest BCUT2D eigenvalue weighted by Gasteiger charge is 2.44. The van der Waals surface area contributed by atoms with E-state index < -0.39 is 36.7 Å². The maximum Gasteiger partial charge on any atom is 0.280 e. The third kappa shape index (κ3) is 2.78. The van der Waals surface area contributed by atoms with Crippen LogP contribution in [0.5, 0.6) is 0 Å². The van der Waals surface area contributed by atoms with Gasteiger partial charge in [-0.1, -0.05) is 0 Å². The molecule has 3 rings (SSSR count). The molecule has 0 radical (unpaired) electrons. The first kappa shape index (κ1) is 16.5. The van der Waals surface area contributed by atoms with Gasteiger partial charge < -0.3 is 25.0 Å². The van der Waals surface area contributed by atoms with Crippen molar-refractivity contribution in [2.24, 2.45) is 4.99 Å². The predicted molar refractivity (Wildman–Crippen MR) is 83.0 cm³/mol. The number of aromatic nitrogens is 4.